The molecule has 0 saturated heterocycles. The first-order chi connectivity index (χ1) is 11.1. The molecule has 0 heterocycles. The molecule has 0 spiro atoms. The lowest BCUT2D eigenvalue weighted by molar-refractivity contribution is 0.316. The van der Waals surface area contributed by atoms with Crippen molar-refractivity contribution in [3.05, 3.63) is 59.2 Å². The number of nitrogens with zero attached hydrogens (tertiary/aromatic N) is 1. The van der Waals surface area contributed by atoms with E-state index in [1.807, 2.05) is 0 Å². The summed E-state index contributed by atoms with van der Waals surface area (Å²) in [4.78, 5) is 0. The molecule has 0 saturated carbocycles. The maximum atomic E-state index is 2.35. The van der Waals surface area contributed by atoms with Gasteiger partial charge in [0.2, 0.25) is 0 Å². The lowest BCUT2D eigenvalue weighted by Gasteiger charge is -2.35. The second-order valence-corrected chi connectivity index (χ2v) is 6.69. The summed E-state index contributed by atoms with van der Waals surface area (Å²) >= 11 is 0. The van der Waals surface area contributed by atoms with Crippen molar-refractivity contribution in [3.8, 4) is 11.1 Å². The first-order valence-electron chi connectivity index (χ1n) is 8.89. The van der Waals surface area contributed by atoms with E-state index in [2.05, 4.69) is 76.2 Å². The van der Waals surface area contributed by atoms with E-state index in [1.54, 1.807) is 0 Å². The Morgan fingerprint density at radius 1 is 0.870 bits per heavy atom. The Balaban J connectivity index is 2.00. The number of allylic oxidation sites excluding steroid dienone is 1. The van der Waals surface area contributed by atoms with Crippen LogP contribution in [0.2, 0.25) is 0 Å². The molecule has 0 aromatic heterocycles. The van der Waals surface area contributed by atoms with Gasteiger partial charge in [0.1, 0.15) is 5.69 Å². The largest absolute Gasteiger partial charge is 0.292 e. The number of hydrogen-bond acceptors (Lipinski definition) is 0. The third-order valence-corrected chi connectivity index (χ3v) is 5.60. The van der Waals surface area contributed by atoms with Crippen molar-refractivity contribution in [2.75, 3.05) is 19.6 Å². The molecule has 2 aromatic rings. The summed E-state index contributed by atoms with van der Waals surface area (Å²) < 4.78 is 1.06. The molecule has 23 heavy (non-hydrogen) atoms. The van der Waals surface area contributed by atoms with E-state index >= 15 is 0 Å². The van der Waals surface area contributed by atoms with Gasteiger partial charge < -0.3 is 0 Å². The quantitative estimate of drug-likeness (QED) is 0.623. The summed E-state index contributed by atoms with van der Waals surface area (Å²) in [5, 5.41) is 0. The van der Waals surface area contributed by atoms with Gasteiger partial charge in [0.15, 0.2) is 0 Å². The average Bonchev–Trinajstić information content (AvgIpc) is 2.98. The topological polar surface area (TPSA) is 0 Å². The molecule has 1 nitrogen and oxygen atoms in total. The van der Waals surface area contributed by atoms with Crippen LogP contribution in [0.15, 0.2) is 48.0 Å². The van der Waals surface area contributed by atoms with Gasteiger partial charge in [0.05, 0.1) is 19.6 Å². The van der Waals surface area contributed by atoms with Gasteiger partial charge in [0.25, 0.3) is 0 Å². The molecule has 0 amide bonds. The number of quaternary nitrogens is 1. The highest BCUT2D eigenvalue weighted by Gasteiger charge is 2.24. The van der Waals surface area contributed by atoms with Gasteiger partial charge in [-0.3, -0.25) is 4.48 Å². The molecule has 0 aliphatic heterocycles. The summed E-state index contributed by atoms with van der Waals surface area (Å²) in [6.07, 6.45) is 3.45. The van der Waals surface area contributed by atoms with E-state index in [0.717, 1.165) is 30.5 Å². The predicted molar refractivity (Wildman–Crippen MR) is 103 cm³/mol. The first kappa shape index (κ1) is 16.0. The Bertz CT molecular complexity index is 710. The Morgan fingerprint density at radius 3 is 2.13 bits per heavy atom. The van der Waals surface area contributed by atoms with Gasteiger partial charge in [0, 0.05) is 0 Å². The van der Waals surface area contributed by atoms with Crippen LogP contribution in [0.3, 0.4) is 0 Å². The minimum Gasteiger partial charge on any atom is -0.292 e. The average molecular weight is 306 g/mol. The minimum atomic E-state index is 1.06. The molecule has 0 bridgehead atoms. The monoisotopic (exact) mass is 306 g/mol. The maximum Gasteiger partial charge on any atom is 0.132 e. The number of rotatable bonds is 5. The Labute approximate surface area is 140 Å². The number of hydrogen-bond donors (Lipinski definition) is 0. The molecule has 1 aliphatic carbocycles. The fourth-order valence-electron chi connectivity index (χ4n) is 3.96. The zero-order valence-electron chi connectivity index (χ0n) is 14.9. The van der Waals surface area contributed by atoms with Crippen molar-refractivity contribution < 1.29 is 0 Å². The summed E-state index contributed by atoms with van der Waals surface area (Å²) in [6, 6.07) is 16.0. The van der Waals surface area contributed by atoms with Crippen LogP contribution in [-0.4, -0.2) is 19.6 Å². The second kappa shape index (κ2) is 6.33. The van der Waals surface area contributed by atoms with Gasteiger partial charge in [-0.1, -0.05) is 29.8 Å². The SMILES string of the molecule is CC[N+](CC)(CC)c1ccc(-c2cccc3c2C=C(C)C3)cc1. The van der Waals surface area contributed by atoms with E-state index in [9.17, 15) is 0 Å². The molecule has 3 rings (SSSR count). The van der Waals surface area contributed by atoms with Crippen molar-refractivity contribution in [1.29, 1.82) is 0 Å². The molecule has 0 atom stereocenters. The highest BCUT2D eigenvalue weighted by molar-refractivity contribution is 5.81. The van der Waals surface area contributed by atoms with Crippen LogP contribution in [0, 0.1) is 0 Å². The van der Waals surface area contributed by atoms with Crippen molar-refractivity contribution in [2.24, 2.45) is 0 Å². The van der Waals surface area contributed by atoms with Crippen molar-refractivity contribution in [2.45, 2.75) is 34.1 Å². The Kier molecular flexibility index (Phi) is 4.41. The molecule has 0 fully saturated rings. The summed E-state index contributed by atoms with van der Waals surface area (Å²) in [5.41, 5.74) is 8.47. The van der Waals surface area contributed by atoms with Crippen molar-refractivity contribution >= 4 is 11.8 Å². The van der Waals surface area contributed by atoms with E-state index in [-0.39, 0.29) is 0 Å². The smallest absolute Gasteiger partial charge is 0.132 e. The lowest BCUT2D eigenvalue weighted by Crippen LogP contribution is -2.48. The second-order valence-electron chi connectivity index (χ2n) is 6.69. The highest BCUT2D eigenvalue weighted by Crippen LogP contribution is 2.35. The van der Waals surface area contributed by atoms with E-state index < -0.39 is 0 Å². The van der Waals surface area contributed by atoms with Crippen molar-refractivity contribution in [3.63, 3.8) is 0 Å². The third-order valence-electron chi connectivity index (χ3n) is 5.60. The standard InChI is InChI=1S/C22H28N/c1-5-23(6-2,7-3)20-13-11-18(12-14-20)21-10-8-9-19-15-17(4)16-22(19)21/h8-14,16H,5-7,15H2,1-4H3/q+1. The normalized spacial score (nSPS) is 13.8. The molecular formula is C22H28N+. The van der Waals surface area contributed by atoms with Crippen LogP contribution in [-0.2, 0) is 6.42 Å². The molecule has 120 valence electrons. The summed E-state index contributed by atoms with van der Waals surface area (Å²) in [5.74, 6) is 0. The van der Waals surface area contributed by atoms with Crippen LogP contribution in [0.1, 0.15) is 38.8 Å². The van der Waals surface area contributed by atoms with Crippen LogP contribution < -0.4 is 4.48 Å². The third kappa shape index (κ3) is 2.74. The first-order valence-corrected chi connectivity index (χ1v) is 8.89. The van der Waals surface area contributed by atoms with Gasteiger partial charge >= 0.3 is 0 Å². The maximum absolute atomic E-state index is 2.35. The fraction of sp³-hybridized carbons (Fsp3) is 0.364. The zero-order valence-corrected chi connectivity index (χ0v) is 14.9. The van der Waals surface area contributed by atoms with E-state index in [1.165, 1.54) is 33.5 Å². The predicted octanol–water partition coefficient (Wildman–Crippen LogP) is 5.68. The van der Waals surface area contributed by atoms with Crippen molar-refractivity contribution in [1.82, 2.24) is 4.48 Å². The van der Waals surface area contributed by atoms with Gasteiger partial charge in [-0.2, -0.15) is 0 Å². The molecular weight excluding hydrogens is 278 g/mol. The Morgan fingerprint density at radius 2 is 1.52 bits per heavy atom. The number of benzene rings is 2. The summed E-state index contributed by atoms with van der Waals surface area (Å²) in [6.45, 7) is 12.5. The highest BCUT2D eigenvalue weighted by atomic mass is 15.3. The van der Waals surface area contributed by atoms with Crippen LogP contribution in [0.4, 0.5) is 5.69 Å². The number of fused-ring (bicyclic) bond motifs is 1. The van der Waals surface area contributed by atoms with Gasteiger partial charge in [-0.15, -0.1) is 0 Å². The molecule has 1 heteroatoms. The molecule has 0 radical (unpaired) electrons. The van der Waals surface area contributed by atoms with Gasteiger partial charge in [-0.25, -0.2) is 0 Å². The molecule has 0 N–H and O–H groups in total. The minimum absolute atomic E-state index is 1.06. The van der Waals surface area contributed by atoms with Crippen LogP contribution in [0.25, 0.3) is 17.2 Å². The van der Waals surface area contributed by atoms with Gasteiger partial charge in [-0.05, 0) is 80.6 Å². The molecule has 2 aromatic carbocycles. The zero-order chi connectivity index (χ0) is 16.4. The molecule has 1 aliphatic rings. The Hall–Kier alpha value is -1.86. The van der Waals surface area contributed by atoms with Crippen LogP contribution >= 0.6 is 0 Å². The lowest BCUT2D eigenvalue weighted by atomic mass is 9.97. The molecule has 0 unspecified atom stereocenters. The van der Waals surface area contributed by atoms with E-state index in [4.69, 9.17) is 0 Å². The van der Waals surface area contributed by atoms with E-state index in [0.29, 0.717) is 0 Å². The summed E-state index contributed by atoms with van der Waals surface area (Å²) in [7, 11) is 0. The fourth-order valence-corrected chi connectivity index (χ4v) is 3.96. The van der Waals surface area contributed by atoms with Crippen LogP contribution in [0.5, 0.6) is 0 Å².